The number of amides is 1. The van der Waals surface area contributed by atoms with E-state index in [4.69, 9.17) is 11.6 Å². The number of benzene rings is 1. The molecule has 0 atom stereocenters. The number of rotatable bonds is 3. The maximum Gasteiger partial charge on any atom is 0.271 e. The molecule has 1 aromatic rings. The van der Waals surface area contributed by atoms with Crippen LogP contribution in [0.5, 0.6) is 0 Å². The van der Waals surface area contributed by atoms with E-state index < -0.39 is 17.3 Å². The van der Waals surface area contributed by atoms with Crippen LogP contribution in [-0.2, 0) is 4.79 Å². The van der Waals surface area contributed by atoms with Crippen molar-refractivity contribution in [3.05, 3.63) is 34.6 Å². The Kier molecular flexibility index (Phi) is 4.20. The van der Waals surface area contributed by atoms with Gasteiger partial charge in [0, 0.05) is 5.56 Å². The van der Waals surface area contributed by atoms with Gasteiger partial charge in [0.05, 0.1) is 11.2 Å². The molecule has 0 aromatic heterocycles. The molecule has 0 radical (unpaired) electrons. The third-order valence-corrected chi connectivity index (χ3v) is 2.24. The number of carbonyl (C=O) groups excluding carboxylic acids is 1. The van der Waals surface area contributed by atoms with Crippen molar-refractivity contribution >= 4 is 23.7 Å². The fraction of sp³-hybridized carbons (Fsp3) is 0.273. The summed E-state index contributed by atoms with van der Waals surface area (Å²) in [6.07, 6.45) is 1.08. The van der Waals surface area contributed by atoms with Gasteiger partial charge in [-0.1, -0.05) is 17.7 Å². The van der Waals surface area contributed by atoms with Gasteiger partial charge in [-0.15, -0.1) is 0 Å². The van der Waals surface area contributed by atoms with E-state index in [0.29, 0.717) is 0 Å². The number of carbonyl (C=O) groups is 1. The molecule has 0 aliphatic heterocycles. The lowest BCUT2D eigenvalue weighted by Gasteiger charge is -2.13. The van der Waals surface area contributed by atoms with Crippen molar-refractivity contribution in [3.63, 3.8) is 0 Å². The monoisotopic (exact) mass is 258 g/mol. The van der Waals surface area contributed by atoms with Crippen LogP contribution >= 0.6 is 11.6 Å². The van der Waals surface area contributed by atoms with Crippen LogP contribution in [0, 0.1) is 5.82 Å². The van der Waals surface area contributed by atoms with Gasteiger partial charge in [-0.25, -0.2) is 9.82 Å². The van der Waals surface area contributed by atoms with E-state index in [1.165, 1.54) is 32.0 Å². The van der Waals surface area contributed by atoms with Crippen molar-refractivity contribution in [2.24, 2.45) is 5.10 Å². The van der Waals surface area contributed by atoms with Crippen molar-refractivity contribution in [1.82, 2.24) is 5.43 Å². The predicted octanol–water partition coefficient (Wildman–Crippen LogP) is 1.70. The molecule has 2 N–H and O–H groups in total. The van der Waals surface area contributed by atoms with Crippen LogP contribution in [0.2, 0.25) is 5.02 Å². The topological polar surface area (TPSA) is 61.7 Å². The Bertz CT molecular complexity index is 435. The summed E-state index contributed by atoms with van der Waals surface area (Å²) >= 11 is 5.74. The minimum atomic E-state index is -1.55. The summed E-state index contributed by atoms with van der Waals surface area (Å²) in [6, 6.07) is 4.19. The van der Waals surface area contributed by atoms with Gasteiger partial charge in [0.15, 0.2) is 0 Å². The summed E-state index contributed by atoms with van der Waals surface area (Å²) in [4.78, 5) is 11.2. The Hall–Kier alpha value is -1.46. The highest BCUT2D eigenvalue weighted by molar-refractivity contribution is 6.33. The van der Waals surface area contributed by atoms with E-state index in [2.05, 4.69) is 10.5 Å². The predicted molar refractivity (Wildman–Crippen MR) is 63.4 cm³/mol. The van der Waals surface area contributed by atoms with Gasteiger partial charge in [0.2, 0.25) is 0 Å². The number of nitrogens with zero attached hydrogens (tertiary/aromatic N) is 1. The van der Waals surface area contributed by atoms with Crippen LogP contribution < -0.4 is 5.43 Å². The molecule has 4 nitrogen and oxygen atoms in total. The van der Waals surface area contributed by atoms with Gasteiger partial charge in [-0.05, 0) is 26.0 Å². The molecular formula is C11H12ClFN2O2. The lowest BCUT2D eigenvalue weighted by Crippen LogP contribution is -2.39. The highest BCUT2D eigenvalue weighted by Gasteiger charge is 2.22. The number of aliphatic hydroxyl groups is 1. The Morgan fingerprint density at radius 3 is 2.76 bits per heavy atom. The summed E-state index contributed by atoms with van der Waals surface area (Å²) in [6.45, 7) is 2.63. The summed E-state index contributed by atoms with van der Waals surface area (Å²) in [7, 11) is 0. The maximum atomic E-state index is 13.3. The summed E-state index contributed by atoms with van der Waals surface area (Å²) < 4.78 is 13.3. The lowest BCUT2D eigenvalue weighted by atomic mass is 10.1. The third kappa shape index (κ3) is 3.80. The average Bonchev–Trinajstić information content (AvgIpc) is 2.20. The maximum absolute atomic E-state index is 13.3. The molecule has 17 heavy (non-hydrogen) atoms. The first-order valence-electron chi connectivity index (χ1n) is 4.82. The normalized spacial score (nSPS) is 11.8. The number of halogens is 2. The number of hydrogen-bond acceptors (Lipinski definition) is 3. The standard InChI is InChI=1S/C11H12ClFN2O2/c1-11(2,17)10(16)15-14-6-7-8(12)4-3-5-9(7)13/h3-6,17H,1-2H3,(H,15,16)/b14-6-. The molecule has 0 saturated carbocycles. The molecule has 92 valence electrons. The molecule has 0 aliphatic rings. The molecule has 6 heteroatoms. The van der Waals surface area contributed by atoms with E-state index >= 15 is 0 Å². The van der Waals surface area contributed by atoms with Crippen LogP contribution in [0.1, 0.15) is 19.4 Å². The molecule has 0 heterocycles. The number of hydrazone groups is 1. The van der Waals surface area contributed by atoms with Crippen LogP contribution in [-0.4, -0.2) is 22.8 Å². The molecule has 0 fully saturated rings. The van der Waals surface area contributed by atoms with E-state index in [0.717, 1.165) is 6.21 Å². The van der Waals surface area contributed by atoms with E-state index in [-0.39, 0.29) is 10.6 Å². The van der Waals surface area contributed by atoms with Crippen LogP contribution in [0.4, 0.5) is 4.39 Å². The van der Waals surface area contributed by atoms with Crippen molar-refractivity contribution in [2.45, 2.75) is 19.4 Å². The fourth-order valence-electron chi connectivity index (χ4n) is 0.926. The molecule has 1 amide bonds. The molecule has 0 spiro atoms. The quantitative estimate of drug-likeness (QED) is 0.640. The van der Waals surface area contributed by atoms with E-state index in [1.807, 2.05) is 0 Å². The van der Waals surface area contributed by atoms with Gasteiger partial charge >= 0.3 is 0 Å². The second-order valence-corrected chi connectivity index (χ2v) is 4.30. The minimum absolute atomic E-state index is 0.0743. The van der Waals surface area contributed by atoms with Crippen molar-refractivity contribution in [3.8, 4) is 0 Å². The van der Waals surface area contributed by atoms with Crippen LogP contribution in [0.15, 0.2) is 23.3 Å². The second kappa shape index (κ2) is 5.25. The smallest absolute Gasteiger partial charge is 0.271 e. The van der Waals surface area contributed by atoms with Crippen LogP contribution in [0.25, 0.3) is 0 Å². The summed E-state index contributed by atoms with van der Waals surface area (Å²) in [5.41, 5.74) is 0.610. The van der Waals surface area contributed by atoms with Gasteiger partial charge < -0.3 is 5.11 Å². The van der Waals surface area contributed by atoms with Crippen LogP contribution in [0.3, 0.4) is 0 Å². The van der Waals surface area contributed by atoms with E-state index in [9.17, 15) is 14.3 Å². The number of nitrogens with one attached hydrogen (secondary N) is 1. The summed E-state index contributed by atoms with van der Waals surface area (Å²) in [5, 5.41) is 13.0. The Balaban J connectivity index is 2.76. The molecule has 1 aromatic carbocycles. The summed E-state index contributed by atoms with van der Waals surface area (Å²) in [5.74, 6) is -1.24. The minimum Gasteiger partial charge on any atom is -0.381 e. The van der Waals surface area contributed by atoms with Gasteiger partial charge in [0.1, 0.15) is 11.4 Å². The lowest BCUT2D eigenvalue weighted by molar-refractivity contribution is -0.136. The van der Waals surface area contributed by atoms with Gasteiger partial charge in [0.25, 0.3) is 5.91 Å². The van der Waals surface area contributed by atoms with Gasteiger partial charge in [-0.3, -0.25) is 4.79 Å². The van der Waals surface area contributed by atoms with Gasteiger partial charge in [-0.2, -0.15) is 5.10 Å². The Morgan fingerprint density at radius 2 is 2.24 bits per heavy atom. The molecule has 1 rings (SSSR count). The zero-order chi connectivity index (χ0) is 13.1. The fourth-order valence-corrected chi connectivity index (χ4v) is 1.14. The first kappa shape index (κ1) is 13.6. The Labute approximate surface area is 103 Å². The molecule has 0 bridgehead atoms. The van der Waals surface area contributed by atoms with E-state index in [1.54, 1.807) is 0 Å². The SMILES string of the molecule is CC(C)(O)C(=O)N/N=C\c1c(F)cccc1Cl. The molecule has 0 saturated heterocycles. The highest BCUT2D eigenvalue weighted by Crippen LogP contribution is 2.16. The van der Waals surface area contributed by atoms with Crippen molar-refractivity contribution < 1.29 is 14.3 Å². The zero-order valence-corrected chi connectivity index (χ0v) is 10.1. The second-order valence-electron chi connectivity index (χ2n) is 3.89. The molecule has 0 unspecified atom stereocenters. The zero-order valence-electron chi connectivity index (χ0n) is 9.37. The van der Waals surface area contributed by atoms with Crippen molar-refractivity contribution in [1.29, 1.82) is 0 Å². The molecular weight excluding hydrogens is 247 g/mol. The third-order valence-electron chi connectivity index (χ3n) is 1.92. The molecule has 0 aliphatic carbocycles. The van der Waals surface area contributed by atoms with Crippen molar-refractivity contribution in [2.75, 3.05) is 0 Å². The largest absolute Gasteiger partial charge is 0.381 e. The average molecular weight is 259 g/mol. The first-order chi connectivity index (χ1) is 7.82. The number of hydrogen-bond donors (Lipinski definition) is 2. The Morgan fingerprint density at radius 1 is 1.59 bits per heavy atom. The first-order valence-corrected chi connectivity index (χ1v) is 5.20. The highest BCUT2D eigenvalue weighted by atomic mass is 35.5.